The first-order chi connectivity index (χ1) is 9.78. The molecule has 0 heterocycles. The third kappa shape index (κ3) is 2.49. The summed E-state index contributed by atoms with van der Waals surface area (Å²) >= 11 is 0. The van der Waals surface area contributed by atoms with Gasteiger partial charge in [-0.2, -0.15) is 0 Å². The highest BCUT2D eigenvalue weighted by Crippen LogP contribution is 2.33. The Balaban J connectivity index is 1.72. The number of para-hydroxylation sites is 1. The van der Waals surface area contributed by atoms with E-state index >= 15 is 0 Å². The number of hydrogen-bond donors (Lipinski definition) is 2. The first kappa shape index (κ1) is 13.0. The van der Waals surface area contributed by atoms with Crippen LogP contribution in [0.25, 0.3) is 0 Å². The Morgan fingerprint density at radius 2 is 2.10 bits per heavy atom. The van der Waals surface area contributed by atoms with Gasteiger partial charge in [-0.1, -0.05) is 24.3 Å². The van der Waals surface area contributed by atoms with Crippen molar-refractivity contribution in [2.45, 2.75) is 25.4 Å². The average Bonchev–Trinajstić information content (AvgIpc) is 2.87. The molecule has 2 aromatic rings. The quantitative estimate of drug-likeness (QED) is 0.895. The Hall–Kier alpha value is -2.00. The van der Waals surface area contributed by atoms with Crippen molar-refractivity contribution in [2.24, 2.45) is 0 Å². The molecule has 3 rings (SSSR count). The highest BCUT2D eigenvalue weighted by molar-refractivity contribution is 5.40. The van der Waals surface area contributed by atoms with Crippen molar-refractivity contribution < 1.29 is 9.84 Å². The molecule has 1 atom stereocenters. The lowest BCUT2D eigenvalue weighted by atomic mass is 10.1. The molecule has 0 saturated heterocycles. The molecule has 2 N–H and O–H groups in total. The van der Waals surface area contributed by atoms with E-state index in [1.54, 1.807) is 13.2 Å². The lowest BCUT2D eigenvalue weighted by Crippen LogP contribution is -2.19. The summed E-state index contributed by atoms with van der Waals surface area (Å²) in [7, 11) is 1.70. The van der Waals surface area contributed by atoms with E-state index in [4.69, 9.17) is 4.74 Å². The number of fused-ring (bicyclic) bond motifs is 1. The Labute approximate surface area is 119 Å². The SMILES string of the molecule is COc1ccccc1CNC1CCc2cc(O)ccc21. The number of phenolic OH excluding ortho intramolecular Hbond substituents is 1. The van der Waals surface area contributed by atoms with Crippen molar-refractivity contribution in [1.82, 2.24) is 5.32 Å². The predicted octanol–water partition coefficient (Wildman–Crippen LogP) is 3.18. The molecule has 0 aliphatic heterocycles. The second kappa shape index (κ2) is 5.55. The predicted molar refractivity (Wildman–Crippen MR) is 79.0 cm³/mol. The van der Waals surface area contributed by atoms with Crippen LogP contribution in [0.4, 0.5) is 0 Å². The number of hydrogen-bond acceptors (Lipinski definition) is 3. The molecule has 1 aliphatic rings. The molecule has 20 heavy (non-hydrogen) atoms. The van der Waals surface area contributed by atoms with Gasteiger partial charge in [0.1, 0.15) is 11.5 Å². The number of nitrogens with one attached hydrogen (secondary N) is 1. The van der Waals surface area contributed by atoms with E-state index in [2.05, 4.69) is 11.4 Å². The van der Waals surface area contributed by atoms with Crippen molar-refractivity contribution in [3.05, 3.63) is 59.2 Å². The molecule has 0 aromatic heterocycles. The largest absolute Gasteiger partial charge is 0.508 e. The second-order valence-electron chi connectivity index (χ2n) is 5.17. The first-order valence-corrected chi connectivity index (χ1v) is 6.95. The van der Waals surface area contributed by atoms with Crippen LogP contribution in [0.15, 0.2) is 42.5 Å². The van der Waals surface area contributed by atoms with Gasteiger partial charge in [-0.3, -0.25) is 0 Å². The Kier molecular flexibility index (Phi) is 3.61. The van der Waals surface area contributed by atoms with Gasteiger partial charge in [-0.05, 0) is 42.2 Å². The topological polar surface area (TPSA) is 41.5 Å². The van der Waals surface area contributed by atoms with E-state index < -0.39 is 0 Å². The van der Waals surface area contributed by atoms with Gasteiger partial charge < -0.3 is 15.2 Å². The molecule has 1 aliphatic carbocycles. The maximum absolute atomic E-state index is 9.52. The van der Waals surface area contributed by atoms with Crippen LogP contribution in [0.1, 0.15) is 29.2 Å². The minimum absolute atomic E-state index is 0.356. The van der Waals surface area contributed by atoms with Crippen molar-refractivity contribution in [3.8, 4) is 11.5 Å². The van der Waals surface area contributed by atoms with Gasteiger partial charge in [0.2, 0.25) is 0 Å². The number of methoxy groups -OCH3 is 1. The highest BCUT2D eigenvalue weighted by Gasteiger charge is 2.22. The molecule has 3 nitrogen and oxygen atoms in total. The summed E-state index contributed by atoms with van der Waals surface area (Å²) in [6, 6.07) is 14.1. The monoisotopic (exact) mass is 269 g/mol. The van der Waals surface area contributed by atoms with Gasteiger partial charge in [-0.15, -0.1) is 0 Å². The van der Waals surface area contributed by atoms with Crippen LogP contribution in [0.2, 0.25) is 0 Å². The fourth-order valence-electron chi connectivity index (χ4n) is 2.90. The minimum atomic E-state index is 0.356. The average molecular weight is 269 g/mol. The van der Waals surface area contributed by atoms with Crippen LogP contribution < -0.4 is 10.1 Å². The van der Waals surface area contributed by atoms with E-state index in [0.29, 0.717) is 11.8 Å². The van der Waals surface area contributed by atoms with Crippen molar-refractivity contribution >= 4 is 0 Å². The number of phenols is 1. The highest BCUT2D eigenvalue weighted by atomic mass is 16.5. The van der Waals surface area contributed by atoms with Crippen LogP contribution in [-0.4, -0.2) is 12.2 Å². The second-order valence-corrected chi connectivity index (χ2v) is 5.17. The van der Waals surface area contributed by atoms with Crippen molar-refractivity contribution in [3.63, 3.8) is 0 Å². The molecular weight excluding hydrogens is 250 g/mol. The molecule has 3 heteroatoms. The van der Waals surface area contributed by atoms with Gasteiger partial charge in [0.05, 0.1) is 7.11 Å². The lowest BCUT2D eigenvalue weighted by Gasteiger charge is -2.15. The molecule has 0 fully saturated rings. The molecule has 104 valence electrons. The van der Waals surface area contributed by atoms with Gasteiger partial charge >= 0.3 is 0 Å². The Bertz CT molecular complexity index is 610. The smallest absolute Gasteiger partial charge is 0.123 e. The summed E-state index contributed by atoms with van der Waals surface area (Å²) in [5.74, 6) is 1.28. The van der Waals surface area contributed by atoms with Gasteiger partial charge in [-0.25, -0.2) is 0 Å². The van der Waals surface area contributed by atoms with E-state index in [1.807, 2.05) is 30.3 Å². The molecule has 0 amide bonds. The molecule has 1 unspecified atom stereocenters. The molecule has 0 saturated carbocycles. The van der Waals surface area contributed by atoms with Crippen molar-refractivity contribution in [1.29, 1.82) is 0 Å². The summed E-state index contributed by atoms with van der Waals surface area (Å²) in [5, 5.41) is 13.1. The summed E-state index contributed by atoms with van der Waals surface area (Å²) < 4.78 is 5.37. The van der Waals surface area contributed by atoms with Crippen molar-refractivity contribution in [2.75, 3.05) is 7.11 Å². The summed E-state index contributed by atoms with van der Waals surface area (Å²) in [4.78, 5) is 0. The number of aromatic hydroxyl groups is 1. The minimum Gasteiger partial charge on any atom is -0.508 e. The van der Waals surface area contributed by atoms with E-state index in [-0.39, 0.29) is 0 Å². The van der Waals surface area contributed by atoms with E-state index in [0.717, 1.165) is 25.1 Å². The zero-order valence-electron chi connectivity index (χ0n) is 11.6. The maximum Gasteiger partial charge on any atom is 0.123 e. The molecule has 0 radical (unpaired) electrons. The normalized spacial score (nSPS) is 16.9. The molecular formula is C17H19NO2. The standard InChI is InChI=1S/C17H19NO2/c1-20-17-5-3-2-4-13(17)11-18-16-9-6-12-10-14(19)7-8-15(12)16/h2-5,7-8,10,16,18-19H,6,9,11H2,1H3. The van der Waals surface area contributed by atoms with E-state index in [1.165, 1.54) is 16.7 Å². The fourth-order valence-corrected chi connectivity index (χ4v) is 2.90. The number of rotatable bonds is 4. The van der Waals surface area contributed by atoms with Crippen LogP contribution in [0.3, 0.4) is 0 Å². The zero-order chi connectivity index (χ0) is 13.9. The lowest BCUT2D eigenvalue weighted by molar-refractivity contribution is 0.405. The Morgan fingerprint density at radius 1 is 1.25 bits per heavy atom. The van der Waals surface area contributed by atoms with Gasteiger partial charge in [0.15, 0.2) is 0 Å². The third-order valence-electron chi connectivity index (χ3n) is 3.94. The summed E-state index contributed by atoms with van der Waals surface area (Å²) in [6.07, 6.45) is 2.10. The number of ether oxygens (including phenoxy) is 1. The third-order valence-corrected chi connectivity index (χ3v) is 3.94. The van der Waals surface area contributed by atoms with E-state index in [9.17, 15) is 5.11 Å². The van der Waals surface area contributed by atoms with Crippen LogP contribution in [-0.2, 0) is 13.0 Å². The molecule has 0 spiro atoms. The Morgan fingerprint density at radius 3 is 2.95 bits per heavy atom. The number of aryl methyl sites for hydroxylation is 1. The van der Waals surface area contributed by atoms with Crippen LogP contribution >= 0.6 is 0 Å². The van der Waals surface area contributed by atoms with Gasteiger partial charge in [0, 0.05) is 18.2 Å². The van der Waals surface area contributed by atoms with Gasteiger partial charge in [0.25, 0.3) is 0 Å². The number of benzene rings is 2. The summed E-state index contributed by atoms with van der Waals surface area (Å²) in [6.45, 7) is 0.787. The molecule has 2 aromatic carbocycles. The first-order valence-electron chi connectivity index (χ1n) is 6.95. The maximum atomic E-state index is 9.52. The van der Waals surface area contributed by atoms with Crippen LogP contribution in [0.5, 0.6) is 11.5 Å². The summed E-state index contributed by atoms with van der Waals surface area (Å²) in [5.41, 5.74) is 3.72. The zero-order valence-corrected chi connectivity index (χ0v) is 11.6. The molecule has 0 bridgehead atoms. The van der Waals surface area contributed by atoms with Crippen LogP contribution in [0, 0.1) is 0 Å². The fraction of sp³-hybridized carbons (Fsp3) is 0.294.